The van der Waals surface area contributed by atoms with Crippen molar-refractivity contribution in [3.63, 3.8) is 0 Å². The molecule has 0 saturated heterocycles. The molecular weight excluding hydrogens is 304 g/mol. The molecule has 0 bridgehead atoms. The van der Waals surface area contributed by atoms with Crippen LogP contribution < -0.4 is 10.0 Å². The van der Waals surface area contributed by atoms with Crippen LogP contribution in [-0.2, 0) is 21.4 Å². The summed E-state index contributed by atoms with van der Waals surface area (Å²) in [6.07, 6.45) is 1.51. The number of nitrogens with one attached hydrogen (secondary N) is 2. The maximum atomic E-state index is 12.3. The van der Waals surface area contributed by atoms with Gasteiger partial charge in [-0.05, 0) is 37.6 Å². The lowest BCUT2D eigenvalue weighted by molar-refractivity contribution is -0.122. The number of aryl methyl sites for hydroxylation is 1. The second-order valence-corrected chi connectivity index (χ2v) is 6.59. The molecule has 0 aliphatic heterocycles. The second-order valence-electron chi connectivity index (χ2n) is 4.91. The summed E-state index contributed by atoms with van der Waals surface area (Å²) in [7, 11) is -3.74. The first-order valence-electron chi connectivity index (χ1n) is 6.78. The number of benzene rings is 1. The maximum absolute atomic E-state index is 12.3. The molecule has 1 aromatic heterocycles. The van der Waals surface area contributed by atoms with Crippen molar-refractivity contribution in [1.29, 1.82) is 0 Å². The third kappa shape index (κ3) is 3.96. The van der Waals surface area contributed by atoms with E-state index in [1.54, 1.807) is 37.3 Å². The first-order chi connectivity index (χ1) is 10.4. The standard InChI is InChI=1S/C15H18N2O4S/c1-11-6-3-4-8-14(11)22(19,20)17-12(2)15(18)16-10-13-7-5-9-21-13/h3-9,12,17H,10H2,1-2H3,(H,16,18)/t12-/m0/s1. The van der Waals surface area contributed by atoms with Crippen LogP contribution in [0.5, 0.6) is 0 Å². The molecule has 6 nitrogen and oxygen atoms in total. The number of carbonyl (C=O) groups is 1. The molecule has 0 fully saturated rings. The predicted octanol–water partition coefficient (Wildman–Crippen LogP) is 1.57. The van der Waals surface area contributed by atoms with Crippen molar-refractivity contribution in [1.82, 2.24) is 10.0 Å². The van der Waals surface area contributed by atoms with Gasteiger partial charge in [-0.25, -0.2) is 8.42 Å². The van der Waals surface area contributed by atoms with Gasteiger partial charge in [0.2, 0.25) is 15.9 Å². The highest BCUT2D eigenvalue weighted by molar-refractivity contribution is 7.89. The van der Waals surface area contributed by atoms with Crippen LogP contribution in [0.4, 0.5) is 0 Å². The van der Waals surface area contributed by atoms with E-state index in [9.17, 15) is 13.2 Å². The van der Waals surface area contributed by atoms with E-state index in [4.69, 9.17) is 4.42 Å². The van der Waals surface area contributed by atoms with Crippen molar-refractivity contribution < 1.29 is 17.6 Å². The van der Waals surface area contributed by atoms with Gasteiger partial charge in [-0.1, -0.05) is 18.2 Å². The number of sulfonamides is 1. The summed E-state index contributed by atoms with van der Waals surface area (Å²) in [5.74, 6) is 0.177. The zero-order valence-electron chi connectivity index (χ0n) is 12.4. The first-order valence-corrected chi connectivity index (χ1v) is 8.26. The Kier molecular flexibility index (Phi) is 4.99. The van der Waals surface area contributed by atoms with Gasteiger partial charge in [0.05, 0.1) is 23.7 Å². The summed E-state index contributed by atoms with van der Waals surface area (Å²) >= 11 is 0. The summed E-state index contributed by atoms with van der Waals surface area (Å²) in [6, 6.07) is 9.16. The van der Waals surface area contributed by atoms with E-state index in [1.807, 2.05) is 0 Å². The predicted molar refractivity (Wildman–Crippen MR) is 81.5 cm³/mol. The quantitative estimate of drug-likeness (QED) is 0.845. The van der Waals surface area contributed by atoms with E-state index in [1.165, 1.54) is 19.3 Å². The molecule has 2 rings (SSSR count). The monoisotopic (exact) mass is 322 g/mol. The van der Waals surface area contributed by atoms with Gasteiger partial charge in [-0.3, -0.25) is 4.79 Å². The normalized spacial score (nSPS) is 12.8. The fourth-order valence-corrected chi connectivity index (χ4v) is 3.40. The molecule has 1 heterocycles. The molecule has 7 heteroatoms. The number of carbonyl (C=O) groups excluding carboxylic acids is 1. The van der Waals surface area contributed by atoms with Crippen molar-refractivity contribution in [3.05, 3.63) is 54.0 Å². The number of amides is 1. The Labute approximate surface area is 129 Å². The minimum atomic E-state index is -3.74. The Balaban J connectivity index is 1.99. The van der Waals surface area contributed by atoms with Gasteiger partial charge >= 0.3 is 0 Å². The molecule has 0 saturated carbocycles. The lowest BCUT2D eigenvalue weighted by Gasteiger charge is -2.15. The second kappa shape index (κ2) is 6.76. The third-order valence-corrected chi connectivity index (χ3v) is 4.83. The highest BCUT2D eigenvalue weighted by Gasteiger charge is 2.23. The van der Waals surface area contributed by atoms with Crippen LogP contribution in [0.3, 0.4) is 0 Å². The van der Waals surface area contributed by atoms with Crippen LogP contribution in [0.15, 0.2) is 52.0 Å². The van der Waals surface area contributed by atoms with E-state index in [0.717, 1.165) is 0 Å². The van der Waals surface area contributed by atoms with Crippen molar-refractivity contribution in [2.24, 2.45) is 0 Å². The van der Waals surface area contributed by atoms with Gasteiger partial charge in [0.1, 0.15) is 5.76 Å². The van der Waals surface area contributed by atoms with Gasteiger partial charge in [0, 0.05) is 0 Å². The van der Waals surface area contributed by atoms with Crippen LogP contribution in [-0.4, -0.2) is 20.4 Å². The van der Waals surface area contributed by atoms with Gasteiger partial charge in [0.25, 0.3) is 0 Å². The summed E-state index contributed by atoms with van der Waals surface area (Å²) in [5, 5.41) is 2.61. The van der Waals surface area contributed by atoms with Gasteiger partial charge in [-0.15, -0.1) is 0 Å². The average molecular weight is 322 g/mol. The number of furan rings is 1. The highest BCUT2D eigenvalue weighted by Crippen LogP contribution is 2.14. The SMILES string of the molecule is Cc1ccccc1S(=O)(=O)N[C@@H](C)C(=O)NCc1ccco1. The zero-order chi connectivity index (χ0) is 16.2. The molecule has 0 aliphatic rings. The third-order valence-electron chi connectivity index (χ3n) is 3.13. The molecule has 2 N–H and O–H groups in total. The smallest absolute Gasteiger partial charge is 0.241 e. The van der Waals surface area contributed by atoms with E-state index in [0.29, 0.717) is 11.3 Å². The molecule has 2 aromatic rings. The van der Waals surface area contributed by atoms with Crippen molar-refractivity contribution >= 4 is 15.9 Å². The summed E-state index contributed by atoms with van der Waals surface area (Å²) < 4.78 is 32.1. The Morgan fingerprint density at radius 3 is 2.59 bits per heavy atom. The van der Waals surface area contributed by atoms with Crippen LogP contribution in [0.1, 0.15) is 18.2 Å². The van der Waals surface area contributed by atoms with E-state index in [-0.39, 0.29) is 11.4 Å². The van der Waals surface area contributed by atoms with Gasteiger partial charge < -0.3 is 9.73 Å². The van der Waals surface area contributed by atoms with Crippen molar-refractivity contribution in [3.8, 4) is 0 Å². The minimum Gasteiger partial charge on any atom is -0.467 e. The van der Waals surface area contributed by atoms with Crippen molar-refractivity contribution in [2.75, 3.05) is 0 Å². The minimum absolute atomic E-state index is 0.167. The van der Waals surface area contributed by atoms with Crippen LogP contribution >= 0.6 is 0 Å². The zero-order valence-corrected chi connectivity index (χ0v) is 13.2. The maximum Gasteiger partial charge on any atom is 0.241 e. The molecular formula is C15H18N2O4S. The molecule has 1 amide bonds. The Morgan fingerprint density at radius 2 is 1.95 bits per heavy atom. The van der Waals surface area contributed by atoms with E-state index in [2.05, 4.69) is 10.0 Å². The number of hydrogen-bond donors (Lipinski definition) is 2. The molecule has 0 radical (unpaired) electrons. The Hall–Kier alpha value is -2.12. The highest BCUT2D eigenvalue weighted by atomic mass is 32.2. The average Bonchev–Trinajstić information content (AvgIpc) is 2.97. The molecule has 1 aromatic carbocycles. The lowest BCUT2D eigenvalue weighted by atomic mass is 10.2. The summed E-state index contributed by atoms with van der Waals surface area (Å²) in [5.41, 5.74) is 0.623. The van der Waals surface area contributed by atoms with E-state index >= 15 is 0 Å². The molecule has 0 unspecified atom stereocenters. The fourth-order valence-electron chi connectivity index (χ4n) is 1.95. The number of rotatable bonds is 6. The Morgan fingerprint density at radius 1 is 1.23 bits per heavy atom. The topological polar surface area (TPSA) is 88.4 Å². The summed E-state index contributed by atoms with van der Waals surface area (Å²) in [4.78, 5) is 12.1. The van der Waals surface area contributed by atoms with Crippen LogP contribution in [0.25, 0.3) is 0 Å². The lowest BCUT2D eigenvalue weighted by Crippen LogP contribution is -2.44. The summed E-state index contributed by atoms with van der Waals surface area (Å²) in [6.45, 7) is 3.41. The largest absolute Gasteiger partial charge is 0.467 e. The molecule has 0 spiro atoms. The van der Waals surface area contributed by atoms with Gasteiger partial charge in [-0.2, -0.15) is 4.72 Å². The molecule has 1 atom stereocenters. The van der Waals surface area contributed by atoms with Crippen LogP contribution in [0.2, 0.25) is 0 Å². The van der Waals surface area contributed by atoms with Crippen LogP contribution in [0, 0.1) is 6.92 Å². The molecule has 0 aliphatic carbocycles. The first kappa shape index (κ1) is 16.3. The van der Waals surface area contributed by atoms with Crippen molar-refractivity contribution in [2.45, 2.75) is 31.3 Å². The fraction of sp³-hybridized carbons (Fsp3) is 0.267. The molecule has 22 heavy (non-hydrogen) atoms. The number of hydrogen-bond acceptors (Lipinski definition) is 4. The molecule has 118 valence electrons. The van der Waals surface area contributed by atoms with E-state index < -0.39 is 22.0 Å². The van der Waals surface area contributed by atoms with Gasteiger partial charge in [0.15, 0.2) is 0 Å². The Bertz CT molecular complexity index is 739.